The minimum absolute atomic E-state index is 0.0208. The van der Waals surface area contributed by atoms with E-state index in [9.17, 15) is 19.7 Å². The number of nitro groups is 1. The topological polar surface area (TPSA) is 113 Å². The molecule has 0 saturated carbocycles. The maximum atomic E-state index is 11.8. The van der Waals surface area contributed by atoms with Crippen LogP contribution in [0.5, 0.6) is 0 Å². The molecule has 25 heavy (non-hydrogen) atoms. The van der Waals surface area contributed by atoms with Gasteiger partial charge in [0, 0.05) is 29.6 Å². The predicted octanol–water partition coefficient (Wildman–Crippen LogP) is 2.51. The molecule has 8 nitrogen and oxygen atoms in total. The average Bonchev–Trinajstić information content (AvgIpc) is 2.60. The number of nitro benzene ring substituents is 1. The van der Waals surface area contributed by atoms with Crippen LogP contribution in [0.15, 0.2) is 48.5 Å². The quantitative estimate of drug-likeness (QED) is 0.539. The fourth-order valence-electron chi connectivity index (χ4n) is 1.96. The first-order chi connectivity index (χ1) is 12.0. The smallest absolute Gasteiger partial charge is 0.292 e. The van der Waals surface area contributed by atoms with Crippen molar-refractivity contribution in [1.82, 2.24) is 10.9 Å². The van der Waals surface area contributed by atoms with E-state index in [0.717, 1.165) is 0 Å². The highest BCUT2D eigenvalue weighted by molar-refractivity contribution is 6.30. The number of anilines is 1. The van der Waals surface area contributed by atoms with Crippen molar-refractivity contribution in [2.45, 2.75) is 6.42 Å². The molecule has 0 aromatic heterocycles. The summed E-state index contributed by atoms with van der Waals surface area (Å²) in [5.74, 6) is -0.912. The second-order valence-electron chi connectivity index (χ2n) is 4.96. The van der Waals surface area contributed by atoms with Crippen molar-refractivity contribution in [2.75, 3.05) is 11.9 Å². The Bertz CT molecular complexity index is 780. The number of hydrazine groups is 1. The van der Waals surface area contributed by atoms with Gasteiger partial charge in [-0.05, 0) is 30.3 Å². The minimum atomic E-state index is -0.505. The van der Waals surface area contributed by atoms with Crippen molar-refractivity contribution in [3.05, 3.63) is 69.2 Å². The molecule has 0 atom stereocenters. The highest BCUT2D eigenvalue weighted by Gasteiger charge is 2.12. The average molecular weight is 363 g/mol. The van der Waals surface area contributed by atoms with Crippen LogP contribution in [-0.2, 0) is 4.79 Å². The summed E-state index contributed by atoms with van der Waals surface area (Å²) >= 11 is 5.73. The summed E-state index contributed by atoms with van der Waals surface area (Å²) in [4.78, 5) is 33.9. The zero-order chi connectivity index (χ0) is 18.2. The zero-order valence-corrected chi connectivity index (χ0v) is 13.7. The Morgan fingerprint density at radius 1 is 1.04 bits per heavy atom. The summed E-state index contributed by atoms with van der Waals surface area (Å²) in [5, 5.41) is 14.2. The molecule has 2 aromatic carbocycles. The first-order valence-corrected chi connectivity index (χ1v) is 7.67. The molecule has 0 aliphatic rings. The summed E-state index contributed by atoms with van der Waals surface area (Å²) in [6, 6.07) is 12.3. The molecule has 0 unspecified atom stereocenters. The van der Waals surface area contributed by atoms with Crippen molar-refractivity contribution in [1.29, 1.82) is 0 Å². The van der Waals surface area contributed by atoms with Gasteiger partial charge in [0.2, 0.25) is 5.91 Å². The van der Waals surface area contributed by atoms with Crippen molar-refractivity contribution in [3.8, 4) is 0 Å². The molecule has 130 valence electrons. The number of carbonyl (C=O) groups is 2. The number of hydrogen-bond donors (Lipinski definition) is 3. The lowest BCUT2D eigenvalue weighted by Gasteiger charge is -2.09. The van der Waals surface area contributed by atoms with Gasteiger partial charge in [-0.15, -0.1) is 0 Å². The fourth-order valence-corrected chi connectivity index (χ4v) is 2.08. The molecule has 2 rings (SSSR count). The van der Waals surface area contributed by atoms with Crippen LogP contribution in [0.2, 0.25) is 5.02 Å². The number of carbonyl (C=O) groups excluding carboxylic acids is 2. The van der Waals surface area contributed by atoms with Crippen LogP contribution < -0.4 is 16.2 Å². The van der Waals surface area contributed by atoms with E-state index >= 15 is 0 Å². The normalized spacial score (nSPS) is 9.96. The van der Waals surface area contributed by atoms with Gasteiger partial charge in [0.15, 0.2) is 0 Å². The van der Waals surface area contributed by atoms with Crippen LogP contribution in [0.25, 0.3) is 0 Å². The monoisotopic (exact) mass is 362 g/mol. The standard InChI is InChI=1S/C16H15ClN4O4/c17-12-7-5-11(6-8-12)16(23)20-19-15(22)9-10-18-13-3-1-2-4-14(13)21(24)25/h1-8,18H,9-10H2,(H,19,22)(H,20,23). The predicted molar refractivity (Wildman–Crippen MR) is 93.3 cm³/mol. The number of benzene rings is 2. The van der Waals surface area contributed by atoms with E-state index in [0.29, 0.717) is 16.3 Å². The van der Waals surface area contributed by atoms with Crippen LogP contribution in [0.3, 0.4) is 0 Å². The first-order valence-electron chi connectivity index (χ1n) is 7.29. The van der Waals surface area contributed by atoms with Crippen molar-refractivity contribution >= 4 is 34.8 Å². The van der Waals surface area contributed by atoms with Gasteiger partial charge in [-0.25, -0.2) is 0 Å². The fraction of sp³-hybridized carbons (Fsp3) is 0.125. The van der Waals surface area contributed by atoms with Crippen LogP contribution in [0, 0.1) is 10.1 Å². The van der Waals surface area contributed by atoms with E-state index in [2.05, 4.69) is 16.2 Å². The van der Waals surface area contributed by atoms with Crippen LogP contribution in [0.4, 0.5) is 11.4 Å². The van der Waals surface area contributed by atoms with Gasteiger partial charge in [-0.2, -0.15) is 0 Å². The number of nitrogens with one attached hydrogen (secondary N) is 3. The van der Waals surface area contributed by atoms with Gasteiger partial charge >= 0.3 is 0 Å². The largest absolute Gasteiger partial charge is 0.379 e. The van der Waals surface area contributed by atoms with E-state index in [1.165, 1.54) is 18.2 Å². The van der Waals surface area contributed by atoms with Crippen LogP contribution >= 0.6 is 11.6 Å². The molecule has 9 heteroatoms. The summed E-state index contributed by atoms with van der Waals surface area (Å²) in [7, 11) is 0. The van der Waals surface area contributed by atoms with Crippen LogP contribution in [0.1, 0.15) is 16.8 Å². The molecule has 3 N–H and O–H groups in total. The first kappa shape index (κ1) is 18.2. The van der Waals surface area contributed by atoms with Gasteiger partial charge < -0.3 is 5.32 Å². The van der Waals surface area contributed by atoms with Crippen molar-refractivity contribution in [3.63, 3.8) is 0 Å². The minimum Gasteiger partial charge on any atom is -0.379 e. The highest BCUT2D eigenvalue weighted by atomic mass is 35.5. The molecular weight excluding hydrogens is 348 g/mol. The Labute approximate surface area is 148 Å². The zero-order valence-electron chi connectivity index (χ0n) is 13.0. The molecule has 0 aliphatic heterocycles. The van der Waals surface area contributed by atoms with E-state index in [4.69, 9.17) is 11.6 Å². The van der Waals surface area contributed by atoms with Gasteiger partial charge in [-0.1, -0.05) is 23.7 Å². The maximum Gasteiger partial charge on any atom is 0.292 e. The summed E-state index contributed by atoms with van der Waals surface area (Å²) < 4.78 is 0. The number of halogens is 1. The summed E-state index contributed by atoms with van der Waals surface area (Å²) in [6.07, 6.45) is 0.0208. The van der Waals surface area contributed by atoms with Gasteiger partial charge in [0.25, 0.3) is 11.6 Å². The number of amides is 2. The lowest BCUT2D eigenvalue weighted by molar-refractivity contribution is -0.384. The molecule has 2 aromatic rings. The Morgan fingerprint density at radius 3 is 2.40 bits per heavy atom. The number of hydrogen-bond acceptors (Lipinski definition) is 5. The number of para-hydroxylation sites is 2. The third-order valence-corrected chi connectivity index (χ3v) is 3.44. The molecule has 0 radical (unpaired) electrons. The van der Waals surface area contributed by atoms with Crippen molar-refractivity contribution < 1.29 is 14.5 Å². The third-order valence-electron chi connectivity index (χ3n) is 3.19. The third kappa shape index (κ3) is 5.47. The second kappa shape index (κ2) is 8.65. The maximum absolute atomic E-state index is 11.8. The van der Waals surface area contributed by atoms with E-state index < -0.39 is 16.7 Å². The molecule has 0 saturated heterocycles. The Kier molecular flexibility index (Phi) is 6.30. The van der Waals surface area contributed by atoms with Crippen molar-refractivity contribution in [2.24, 2.45) is 0 Å². The molecule has 0 bridgehead atoms. The SMILES string of the molecule is O=C(CCNc1ccccc1[N+](=O)[O-])NNC(=O)c1ccc(Cl)cc1. The molecular formula is C16H15ClN4O4. The van der Waals surface area contributed by atoms with Gasteiger partial charge in [0.1, 0.15) is 5.69 Å². The highest BCUT2D eigenvalue weighted by Crippen LogP contribution is 2.22. The second-order valence-corrected chi connectivity index (χ2v) is 5.40. The Morgan fingerprint density at radius 2 is 1.72 bits per heavy atom. The number of nitrogens with zero attached hydrogens (tertiary/aromatic N) is 1. The van der Waals surface area contributed by atoms with E-state index in [1.54, 1.807) is 30.3 Å². The lowest BCUT2D eigenvalue weighted by Crippen LogP contribution is -2.42. The Balaban J connectivity index is 1.77. The molecule has 0 heterocycles. The van der Waals surface area contributed by atoms with E-state index in [1.807, 2.05) is 0 Å². The van der Waals surface area contributed by atoms with E-state index in [-0.39, 0.29) is 18.7 Å². The molecule has 0 spiro atoms. The summed E-state index contributed by atoms with van der Waals surface area (Å²) in [5.41, 5.74) is 5.16. The molecule has 0 aliphatic carbocycles. The summed E-state index contributed by atoms with van der Waals surface area (Å²) in [6.45, 7) is 0.174. The Hall–Kier alpha value is -3.13. The molecule has 2 amide bonds. The van der Waals surface area contributed by atoms with Gasteiger partial charge in [-0.3, -0.25) is 30.6 Å². The van der Waals surface area contributed by atoms with Crippen LogP contribution in [-0.4, -0.2) is 23.3 Å². The molecule has 0 fully saturated rings. The van der Waals surface area contributed by atoms with Gasteiger partial charge in [0.05, 0.1) is 4.92 Å². The number of rotatable bonds is 6. The lowest BCUT2D eigenvalue weighted by atomic mass is 10.2.